The Morgan fingerprint density at radius 3 is 2.19 bits per heavy atom. The van der Waals surface area contributed by atoms with E-state index >= 15 is 0 Å². The second-order valence-corrected chi connectivity index (χ2v) is 21.7. The molecule has 1 rings (SSSR count). The van der Waals surface area contributed by atoms with Crippen LogP contribution in [0.3, 0.4) is 0 Å². The van der Waals surface area contributed by atoms with Crippen LogP contribution in [0, 0.1) is 0 Å². The van der Waals surface area contributed by atoms with E-state index in [-0.39, 0.29) is 0 Å². The van der Waals surface area contributed by atoms with E-state index in [0.29, 0.717) is 12.1 Å². The van der Waals surface area contributed by atoms with Crippen LogP contribution < -0.4 is 0 Å². The highest BCUT2D eigenvalue weighted by molar-refractivity contribution is 7.38. The van der Waals surface area contributed by atoms with Crippen LogP contribution in [0.4, 0.5) is 0 Å². The van der Waals surface area contributed by atoms with Crippen molar-refractivity contribution in [2.24, 2.45) is 0 Å². The normalized spacial score (nSPS) is 30.4. The summed E-state index contributed by atoms with van der Waals surface area (Å²) in [5, 5.41) is 0. The minimum atomic E-state index is -1.39. The number of rotatable bonds is 3. The first kappa shape index (κ1) is 14.4. The molecular formula is C12H29NOSi2. The Morgan fingerprint density at radius 2 is 1.81 bits per heavy atom. The zero-order valence-corrected chi connectivity index (χ0v) is 14.1. The summed E-state index contributed by atoms with van der Waals surface area (Å²) in [5.74, 6) is 0. The van der Waals surface area contributed by atoms with Crippen LogP contribution in [0.1, 0.15) is 19.8 Å². The fourth-order valence-corrected chi connectivity index (χ4v) is 9.24. The van der Waals surface area contributed by atoms with E-state index in [0.717, 1.165) is 0 Å². The lowest BCUT2D eigenvalue weighted by molar-refractivity contribution is 0.0827. The molecule has 1 aliphatic rings. The molecule has 4 heteroatoms. The molecule has 0 aromatic rings. The van der Waals surface area contributed by atoms with Gasteiger partial charge in [-0.3, -0.25) is 0 Å². The van der Waals surface area contributed by atoms with Crippen molar-refractivity contribution in [3.63, 3.8) is 0 Å². The van der Waals surface area contributed by atoms with E-state index in [9.17, 15) is 0 Å². The average Bonchev–Trinajstić information content (AvgIpc) is 2.12. The van der Waals surface area contributed by atoms with Crippen LogP contribution in [0.5, 0.6) is 0 Å². The number of hydrogen-bond donors (Lipinski definition) is 0. The van der Waals surface area contributed by atoms with Crippen molar-refractivity contribution in [1.29, 1.82) is 0 Å². The van der Waals surface area contributed by atoms with Gasteiger partial charge in [0.05, 0.1) is 13.7 Å². The van der Waals surface area contributed by atoms with Crippen molar-refractivity contribution in [1.82, 2.24) is 4.90 Å². The molecule has 1 aliphatic heterocycles. The van der Waals surface area contributed by atoms with Crippen LogP contribution in [0.2, 0.25) is 32.2 Å². The van der Waals surface area contributed by atoms with E-state index in [1.807, 2.05) is 0 Å². The summed E-state index contributed by atoms with van der Waals surface area (Å²) in [4.78, 5) is 2.34. The average molecular weight is 260 g/mol. The predicted molar refractivity (Wildman–Crippen MR) is 77.0 cm³/mol. The van der Waals surface area contributed by atoms with Crippen molar-refractivity contribution >= 4 is 15.4 Å². The van der Waals surface area contributed by atoms with Crippen LogP contribution in [-0.4, -0.2) is 46.6 Å². The molecule has 2 unspecified atom stereocenters. The van der Waals surface area contributed by atoms with Gasteiger partial charge in [0, 0.05) is 6.04 Å². The standard InChI is InChI=1S/C12H29NOSi2/c1-8-11(13(2)3)12-9-10-15(4,5)16(6,7)14-12/h11-12H,8-10H2,1-7H3. The molecule has 0 aromatic heterocycles. The van der Waals surface area contributed by atoms with Gasteiger partial charge in [-0.2, -0.15) is 0 Å². The first-order valence-corrected chi connectivity index (χ1v) is 13.7. The van der Waals surface area contributed by atoms with Gasteiger partial charge < -0.3 is 9.33 Å². The van der Waals surface area contributed by atoms with Crippen LogP contribution >= 0.6 is 0 Å². The quantitative estimate of drug-likeness (QED) is 0.722. The Hall–Kier alpha value is 0.354. The summed E-state index contributed by atoms with van der Waals surface area (Å²) in [5.41, 5.74) is 0. The lowest BCUT2D eigenvalue weighted by atomic mass is 10.1. The molecule has 0 aromatic carbocycles. The molecule has 16 heavy (non-hydrogen) atoms. The minimum absolute atomic E-state index is 0.488. The first-order valence-electron chi connectivity index (χ1n) is 6.55. The topological polar surface area (TPSA) is 12.5 Å². The van der Waals surface area contributed by atoms with Gasteiger partial charge >= 0.3 is 0 Å². The lowest BCUT2D eigenvalue weighted by Gasteiger charge is -2.48. The van der Waals surface area contributed by atoms with E-state index < -0.39 is 15.4 Å². The van der Waals surface area contributed by atoms with Crippen LogP contribution in [0.25, 0.3) is 0 Å². The summed E-state index contributed by atoms with van der Waals surface area (Å²) in [6, 6.07) is 2.07. The molecule has 0 radical (unpaired) electrons. The Bertz CT molecular complexity index is 241. The molecule has 0 aliphatic carbocycles. The summed E-state index contributed by atoms with van der Waals surface area (Å²) in [7, 11) is 1.92. The van der Waals surface area contributed by atoms with E-state index in [2.05, 4.69) is 52.1 Å². The van der Waals surface area contributed by atoms with Crippen LogP contribution in [-0.2, 0) is 4.43 Å². The SMILES string of the molecule is CCC(C1CC[Si](C)(C)[Si](C)(C)O1)N(C)C. The van der Waals surface area contributed by atoms with Gasteiger partial charge in [0.2, 0.25) is 0 Å². The molecule has 2 atom stereocenters. The zero-order valence-electron chi connectivity index (χ0n) is 12.1. The van der Waals surface area contributed by atoms with Crippen molar-refractivity contribution in [2.75, 3.05) is 14.1 Å². The molecule has 0 N–H and O–H groups in total. The Kier molecular flexibility index (Phi) is 4.43. The Labute approximate surface area is 103 Å². The maximum absolute atomic E-state index is 6.56. The minimum Gasteiger partial charge on any atom is -0.416 e. The molecule has 0 amide bonds. The van der Waals surface area contributed by atoms with Crippen LogP contribution in [0.15, 0.2) is 0 Å². The van der Waals surface area contributed by atoms with E-state index in [1.165, 1.54) is 18.9 Å². The smallest absolute Gasteiger partial charge is 0.174 e. The second kappa shape index (κ2) is 4.92. The summed E-state index contributed by atoms with van der Waals surface area (Å²) in [6.07, 6.45) is 2.97. The van der Waals surface area contributed by atoms with Gasteiger partial charge in [-0.25, -0.2) is 0 Å². The van der Waals surface area contributed by atoms with E-state index in [4.69, 9.17) is 4.43 Å². The largest absolute Gasteiger partial charge is 0.416 e. The number of hydrogen-bond acceptors (Lipinski definition) is 2. The summed E-state index contributed by atoms with van der Waals surface area (Å²) < 4.78 is 6.56. The monoisotopic (exact) mass is 259 g/mol. The fraction of sp³-hybridized carbons (Fsp3) is 1.00. The van der Waals surface area contributed by atoms with Gasteiger partial charge in [0.15, 0.2) is 7.83 Å². The molecule has 0 saturated carbocycles. The van der Waals surface area contributed by atoms with Gasteiger partial charge in [-0.15, -0.1) is 0 Å². The van der Waals surface area contributed by atoms with Crippen molar-refractivity contribution in [3.05, 3.63) is 0 Å². The van der Waals surface area contributed by atoms with Gasteiger partial charge in [0.1, 0.15) is 0 Å². The summed E-state index contributed by atoms with van der Waals surface area (Å²) in [6.45, 7) is 12.2. The zero-order chi connectivity index (χ0) is 12.6. The summed E-state index contributed by atoms with van der Waals surface area (Å²) >= 11 is 0. The third-order valence-electron chi connectivity index (χ3n) is 4.64. The lowest BCUT2D eigenvalue weighted by Crippen LogP contribution is -2.64. The third kappa shape index (κ3) is 2.78. The molecule has 0 spiro atoms. The molecule has 0 bridgehead atoms. The maximum Gasteiger partial charge on any atom is 0.174 e. The first-order chi connectivity index (χ1) is 7.21. The molecular weight excluding hydrogens is 230 g/mol. The fourth-order valence-electron chi connectivity index (χ4n) is 2.63. The highest BCUT2D eigenvalue weighted by Gasteiger charge is 2.48. The number of likely N-dealkylation sites (N-methyl/N-ethyl adjacent to an activating group) is 1. The number of nitrogens with zero attached hydrogens (tertiary/aromatic N) is 1. The van der Waals surface area contributed by atoms with Gasteiger partial charge in [0.25, 0.3) is 0 Å². The highest BCUT2D eigenvalue weighted by Crippen LogP contribution is 2.35. The van der Waals surface area contributed by atoms with Crippen molar-refractivity contribution in [3.8, 4) is 0 Å². The predicted octanol–water partition coefficient (Wildman–Crippen LogP) is 3.11. The molecule has 1 saturated heterocycles. The molecule has 1 heterocycles. The van der Waals surface area contributed by atoms with E-state index in [1.54, 1.807) is 0 Å². The molecule has 2 nitrogen and oxygen atoms in total. The maximum atomic E-state index is 6.56. The third-order valence-corrected chi connectivity index (χ3v) is 21.2. The van der Waals surface area contributed by atoms with Gasteiger partial charge in [-0.05, 0) is 40.0 Å². The van der Waals surface area contributed by atoms with Crippen molar-refractivity contribution < 1.29 is 4.43 Å². The second-order valence-electron chi connectivity index (χ2n) is 6.53. The highest BCUT2D eigenvalue weighted by atomic mass is 29.3. The Balaban J connectivity index is 2.75. The van der Waals surface area contributed by atoms with Gasteiger partial charge in [-0.1, -0.05) is 26.1 Å². The molecule has 96 valence electrons. The molecule has 1 fully saturated rings. The Morgan fingerprint density at radius 1 is 1.25 bits per heavy atom. The van der Waals surface area contributed by atoms with Crippen molar-refractivity contribution in [2.45, 2.75) is 64.1 Å².